The number of hydrogen-bond donors (Lipinski definition) is 17. The summed E-state index contributed by atoms with van der Waals surface area (Å²) in [6, 6.07) is -7.31. The van der Waals surface area contributed by atoms with Crippen LogP contribution in [-0.2, 0) is 60.8 Å². The summed E-state index contributed by atoms with van der Waals surface area (Å²) in [4.78, 5) is 146. The van der Waals surface area contributed by atoms with E-state index in [1.807, 2.05) is 0 Å². The summed E-state index contributed by atoms with van der Waals surface area (Å²) in [5, 5.41) is 52.0. The third-order valence-corrected chi connectivity index (χ3v) is 14.2. The van der Waals surface area contributed by atoms with Crippen LogP contribution in [0.1, 0.15) is 57.2 Å². The molecule has 1 aromatic carbocycles. The third kappa shape index (κ3) is 18.8. The molecule has 4 rings (SSSR count). The molecule has 0 aliphatic carbocycles. The Hall–Kier alpha value is -6.83. The van der Waals surface area contributed by atoms with E-state index in [9.17, 15) is 63.3 Å². The molecule has 1 fully saturated rings. The van der Waals surface area contributed by atoms with Gasteiger partial charge in [-0.25, -0.2) is 4.98 Å². The van der Waals surface area contributed by atoms with Crippen LogP contribution in [0.3, 0.4) is 0 Å². The van der Waals surface area contributed by atoms with Gasteiger partial charge >= 0.3 is 0 Å². The fraction of sp³-hybridized carbons (Fsp3) is 0.533. The van der Waals surface area contributed by atoms with Gasteiger partial charge in [0.25, 0.3) is 0 Å². The van der Waals surface area contributed by atoms with Crippen molar-refractivity contribution in [2.45, 2.75) is 125 Å². The number of carbonyl (C=O) groups excluding carboxylic acids is 10. The molecule has 0 radical (unpaired) electrons. The summed E-state index contributed by atoms with van der Waals surface area (Å²) < 4.78 is 0. The molecule has 0 spiro atoms. The van der Waals surface area contributed by atoms with Crippen LogP contribution in [0.5, 0.6) is 0 Å². The first kappa shape index (κ1) is 60.7. The molecule has 0 saturated carbocycles. The van der Waals surface area contributed by atoms with Crippen molar-refractivity contribution in [2.75, 3.05) is 24.7 Å². The second-order valence-corrected chi connectivity index (χ2v) is 20.3. The Kier molecular flexibility index (Phi) is 24.2. The van der Waals surface area contributed by atoms with Crippen LogP contribution < -0.4 is 65.5 Å². The number of hydrogen-bond acceptors (Lipinski definition) is 18. The van der Waals surface area contributed by atoms with Gasteiger partial charge in [-0.2, -0.15) is 0 Å². The van der Waals surface area contributed by atoms with Crippen molar-refractivity contribution < 1.29 is 63.3 Å². The smallest absolute Gasteiger partial charge is 0.245 e. The van der Waals surface area contributed by atoms with Gasteiger partial charge in [0.2, 0.25) is 59.1 Å². The normalized spacial score (nSPS) is 25.8. The van der Waals surface area contributed by atoms with E-state index in [1.165, 1.54) is 19.4 Å². The number of H-pyrrole nitrogens is 2. The molecule has 1 aliphatic heterocycles. The SMILES string of the molecule is C[C@@H](O)[C@@H]1NC(=O)[C@H](CO)NC(=O)[C@H](Cc2c[nH]c3ccccc23)NC(=O)[C@H](CCC(N)=O)NC(=O)[C@H](Cc2cnc[nH]2)NC(=O)[C@H]([C@@H](C)O)NC(=O)[C@@H](N)CSSC[C@H](C(N)=O)NC(=O)[C@H](CCCCN)NC1=O. The number of carbonyl (C=O) groups is 10. The zero-order valence-corrected chi connectivity index (χ0v) is 42.8. The minimum atomic E-state index is -1.85. The van der Waals surface area contributed by atoms with Gasteiger partial charge in [-0.3, -0.25) is 47.9 Å². The molecule has 10 amide bonds. The molecular weight excluding hydrogens is 1020 g/mol. The van der Waals surface area contributed by atoms with Crippen LogP contribution in [0, 0.1) is 0 Å². The number of benzene rings is 1. The van der Waals surface area contributed by atoms with E-state index in [-0.39, 0.29) is 37.3 Å². The van der Waals surface area contributed by atoms with Gasteiger partial charge in [0.1, 0.15) is 48.3 Å². The summed E-state index contributed by atoms with van der Waals surface area (Å²) in [6.45, 7) is 1.48. The van der Waals surface area contributed by atoms with Crippen molar-refractivity contribution in [1.82, 2.24) is 57.5 Å². The number of imidazole rings is 1. The van der Waals surface area contributed by atoms with Crippen LogP contribution in [0.15, 0.2) is 43.0 Å². The number of amides is 10. The quantitative estimate of drug-likeness (QED) is 0.0497. The van der Waals surface area contributed by atoms with E-state index < -0.39 is 145 Å². The largest absolute Gasteiger partial charge is 0.394 e. The molecule has 2 aromatic heterocycles. The molecule has 412 valence electrons. The van der Waals surface area contributed by atoms with E-state index in [1.54, 1.807) is 30.5 Å². The number of nitrogens with one attached hydrogen (secondary N) is 10. The van der Waals surface area contributed by atoms with Gasteiger partial charge in [-0.05, 0) is 57.7 Å². The van der Waals surface area contributed by atoms with Gasteiger partial charge in [0.05, 0.1) is 31.2 Å². The molecule has 0 unspecified atom stereocenters. The number of rotatable bonds is 15. The Morgan fingerprint density at radius 2 is 1.20 bits per heavy atom. The van der Waals surface area contributed by atoms with Crippen molar-refractivity contribution >= 4 is 91.6 Å². The number of para-hydroxylation sites is 1. The summed E-state index contributed by atoms with van der Waals surface area (Å²) >= 11 is 0. The number of aromatic nitrogens is 3. The van der Waals surface area contributed by atoms with Gasteiger partial charge < -0.3 is 90.8 Å². The van der Waals surface area contributed by atoms with Gasteiger partial charge in [-0.1, -0.05) is 39.8 Å². The first-order valence-electron chi connectivity index (χ1n) is 23.8. The predicted octanol–water partition coefficient (Wildman–Crippen LogP) is -6.09. The first-order valence-corrected chi connectivity index (χ1v) is 26.3. The Morgan fingerprint density at radius 1 is 0.667 bits per heavy atom. The number of unbranched alkanes of at least 4 members (excludes halogenated alkanes) is 1. The molecular formula is C45H67N15O13S2. The maximum Gasteiger partial charge on any atom is 0.245 e. The standard InChI is InChI=1S/C45H67N15O13S2/c1-21(62)35-45(73)56-31(14-24-16-50-20-52-24)42(70)53-29(10-11-34(48)64)40(68)55-30(13-23-15-51-27-8-4-3-7-25(23)27)41(69)57-32(17-61)43(71)60-36(22(2)63)44(72)54-28(9-5-6-12-46)39(67)58-33(37(49)65)19-75-74-18-26(47)38(66)59-35/h3-4,7-8,15-16,20-22,26,28-33,35-36,51,61-63H,5-6,9-14,17-19,46-47H2,1-2H3,(H2,48,64)(H2,49,65)(H,50,52)(H,53,70)(H,54,72)(H,55,68)(H,56,73)(H,57,69)(H,58,67)(H,59,66)(H,60,71)/t21-,22-,26+,28+,29+,30+,31+,32+,33-,35+,36+/m1/s1. The molecule has 28 nitrogen and oxygen atoms in total. The molecule has 1 saturated heterocycles. The predicted molar refractivity (Wildman–Crippen MR) is 274 cm³/mol. The van der Waals surface area contributed by atoms with Crippen LogP contribution in [0.25, 0.3) is 10.9 Å². The number of fused-ring (bicyclic) bond motifs is 1. The van der Waals surface area contributed by atoms with E-state index in [4.69, 9.17) is 22.9 Å². The molecule has 3 aromatic rings. The monoisotopic (exact) mass is 1090 g/mol. The molecule has 0 bridgehead atoms. The average Bonchev–Trinajstić information content (AvgIpc) is 4.04. The number of nitrogens with two attached hydrogens (primary N) is 4. The lowest BCUT2D eigenvalue weighted by Gasteiger charge is -2.28. The number of aromatic amines is 2. The highest BCUT2D eigenvalue weighted by Gasteiger charge is 2.37. The van der Waals surface area contributed by atoms with E-state index in [2.05, 4.69) is 57.5 Å². The molecule has 21 N–H and O–H groups in total. The van der Waals surface area contributed by atoms with Gasteiger partial charge in [0, 0.05) is 59.8 Å². The number of nitrogens with zero attached hydrogens (tertiary/aromatic N) is 1. The second-order valence-electron chi connectivity index (χ2n) is 17.7. The van der Waals surface area contributed by atoms with Crippen molar-refractivity contribution in [1.29, 1.82) is 0 Å². The second kappa shape index (κ2) is 29.9. The van der Waals surface area contributed by atoms with Crippen LogP contribution in [0.4, 0.5) is 0 Å². The Labute approximate surface area is 438 Å². The molecule has 11 atom stereocenters. The summed E-state index contributed by atoms with van der Waals surface area (Å²) in [6.07, 6.45) is 0.149. The fourth-order valence-corrected chi connectivity index (χ4v) is 9.81. The van der Waals surface area contributed by atoms with Crippen molar-refractivity contribution in [3.05, 3.63) is 54.2 Å². The maximum atomic E-state index is 14.4. The Bertz CT molecular complexity index is 2460. The van der Waals surface area contributed by atoms with Gasteiger partial charge in [-0.15, -0.1) is 0 Å². The van der Waals surface area contributed by atoms with Crippen LogP contribution >= 0.6 is 21.6 Å². The van der Waals surface area contributed by atoms with E-state index in [0.717, 1.165) is 28.5 Å². The van der Waals surface area contributed by atoms with Crippen LogP contribution in [0.2, 0.25) is 0 Å². The maximum absolute atomic E-state index is 14.4. The fourth-order valence-electron chi connectivity index (χ4n) is 7.51. The number of aliphatic hydroxyl groups excluding tert-OH is 3. The highest BCUT2D eigenvalue weighted by Crippen LogP contribution is 2.23. The van der Waals surface area contributed by atoms with Gasteiger partial charge in [0.15, 0.2) is 0 Å². The molecule has 3 heterocycles. The lowest BCUT2D eigenvalue weighted by Crippen LogP contribution is -2.62. The molecule has 75 heavy (non-hydrogen) atoms. The topological polar surface area (TPSA) is 476 Å². The summed E-state index contributed by atoms with van der Waals surface area (Å²) in [7, 11) is 1.97. The Balaban J connectivity index is 1.78. The highest BCUT2D eigenvalue weighted by molar-refractivity contribution is 8.76. The third-order valence-electron chi connectivity index (χ3n) is 11.7. The molecule has 30 heteroatoms. The first-order chi connectivity index (χ1) is 35.6. The lowest BCUT2D eigenvalue weighted by molar-refractivity contribution is -0.137. The van der Waals surface area contributed by atoms with Crippen LogP contribution in [-0.4, -0.2) is 181 Å². The average molecular weight is 1090 g/mol. The van der Waals surface area contributed by atoms with E-state index >= 15 is 0 Å². The summed E-state index contributed by atoms with van der Waals surface area (Å²) in [5.74, 6) is -10.4. The number of aliphatic hydroxyl groups is 3. The minimum Gasteiger partial charge on any atom is -0.394 e. The van der Waals surface area contributed by atoms with Crippen molar-refractivity contribution in [2.24, 2.45) is 22.9 Å². The summed E-state index contributed by atoms with van der Waals surface area (Å²) in [5.41, 5.74) is 24.3. The Morgan fingerprint density at radius 3 is 1.80 bits per heavy atom. The number of primary amides is 2. The van der Waals surface area contributed by atoms with Crippen molar-refractivity contribution in [3.63, 3.8) is 0 Å². The van der Waals surface area contributed by atoms with E-state index in [0.29, 0.717) is 35.0 Å². The zero-order chi connectivity index (χ0) is 55.4. The van der Waals surface area contributed by atoms with Crippen molar-refractivity contribution in [3.8, 4) is 0 Å². The molecule has 1 aliphatic rings. The highest BCUT2D eigenvalue weighted by atomic mass is 33.1. The minimum absolute atomic E-state index is 0.0328. The lowest BCUT2D eigenvalue weighted by atomic mass is 10.0. The zero-order valence-electron chi connectivity index (χ0n) is 41.2.